The molecule has 1 fully saturated rings. The van der Waals surface area contributed by atoms with E-state index in [0.717, 1.165) is 18.4 Å². The molecule has 2 N–H and O–H groups in total. The van der Waals surface area contributed by atoms with Gasteiger partial charge >= 0.3 is 0 Å². The summed E-state index contributed by atoms with van der Waals surface area (Å²) in [5.41, 5.74) is 0.703. The second-order valence-corrected chi connectivity index (χ2v) is 5.96. The maximum Gasteiger partial charge on any atom is 0.292 e. The molecule has 1 aromatic carbocycles. The molecule has 0 aliphatic carbocycles. The van der Waals surface area contributed by atoms with Crippen molar-refractivity contribution in [2.24, 2.45) is 5.92 Å². The zero-order valence-electron chi connectivity index (χ0n) is 12.8. The molecule has 23 heavy (non-hydrogen) atoms. The molecule has 1 atom stereocenters. The summed E-state index contributed by atoms with van der Waals surface area (Å²) in [5.74, 6) is -0.0601. The molecular formula is C17H20N2O4. The van der Waals surface area contributed by atoms with Crippen LogP contribution in [0.25, 0.3) is 0 Å². The van der Waals surface area contributed by atoms with Crippen LogP contribution < -0.4 is 5.56 Å². The van der Waals surface area contributed by atoms with Gasteiger partial charge in [-0.25, -0.2) is 0 Å². The molecule has 6 heteroatoms. The van der Waals surface area contributed by atoms with E-state index in [0.29, 0.717) is 19.5 Å². The third-order valence-electron chi connectivity index (χ3n) is 4.39. The molecule has 0 radical (unpaired) electrons. The van der Waals surface area contributed by atoms with Gasteiger partial charge in [0.1, 0.15) is 0 Å². The summed E-state index contributed by atoms with van der Waals surface area (Å²) in [5, 5.41) is 12.5. The lowest BCUT2D eigenvalue weighted by molar-refractivity contribution is 0.0442. The Morgan fingerprint density at radius 1 is 1.30 bits per heavy atom. The maximum absolute atomic E-state index is 12.2. The zero-order chi connectivity index (χ0) is 16.2. The Balaban J connectivity index is 1.53. The van der Waals surface area contributed by atoms with Gasteiger partial charge in [-0.2, -0.15) is 5.16 Å². The number of hydrogen-bond donors (Lipinski definition) is 2. The molecule has 2 heterocycles. The summed E-state index contributed by atoms with van der Waals surface area (Å²) in [6, 6.07) is 11.1. The molecule has 2 aromatic rings. The van der Waals surface area contributed by atoms with Crippen LogP contribution in [0.2, 0.25) is 0 Å². The number of nitrogens with zero attached hydrogens (tertiary/aromatic N) is 1. The predicted octanol–water partition coefficient (Wildman–Crippen LogP) is 1.42. The van der Waals surface area contributed by atoms with Gasteiger partial charge in [0.05, 0.1) is 12.2 Å². The van der Waals surface area contributed by atoms with Crippen molar-refractivity contribution in [3.05, 3.63) is 58.1 Å². The number of aromatic nitrogens is 1. The quantitative estimate of drug-likeness (QED) is 0.893. The van der Waals surface area contributed by atoms with Crippen LogP contribution in [-0.2, 0) is 6.42 Å². The second kappa shape index (κ2) is 6.83. The number of aliphatic hydroxyl groups excluding tert-OH is 1. The number of aliphatic hydroxyl groups is 1. The van der Waals surface area contributed by atoms with Gasteiger partial charge in [-0.3, -0.25) is 9.59 Å². The Bertz CT molecular complexity index is 699. The van der Waals surface area contributed by atoms with Crippen molar-refractivity contribution in [3.8, 4) is 0 Å². The van der Waals surface area contributed by atoms with E-state index in [4.69, 9.17) is 4.52 Å². The number of carbonyl (C=O) groups excluding carboxylic acids is 1. The molecule has 0 bridgehead atoms. The monoisotopic (exact) mass is 316 g/mol. The van der Waals surface area contributed by atoms with Crippen LogP contribution in [0.3, 0.4) is 0 Å². The zero-order valence-corrected chi connectivity index (χ0v) is 12.8. The Labute approximate surface area is 133 Å². The minimum Gasteiger partial charge on any atom is -0.392 e. The highest BCUT2D eigenvalue weighted by atomic mass is 16.5. The van der Waals surface area contributed by atoms with Crippen molar-refractivity contribution in [1.29, 1.82) is 0 Å². The van der Waals surface area contributed by atoms with Crippen LogP contribution in [0.1, 0.15) is 29.0 Å². The van der Waals surface area contributed by atoms with Crippen molar-refractivity contribution in [2.45, 2.75) is 25.4 Å². The molecular weight excluding hydrogens is 296 g/mol. The predicted molar refractivity (Wildman–Crippen MR) is 84.1 cm³/mol. The second-order valence-electron chi connectivity index (χ2n) is 5.96. The number of H-pyrrole nitrogens is 1. The van der Waals surface area contributed by atoms with Gasteiger partial charge in [-0.05, 0) is 30.7 Å². The number of nitrogens with one attached hydrogen (secondary N) is 1. The Morgan fingerprint density at radius 3 is 2.61 bits per heavy atom. The molecule has 122 valence electrons. The van der Waals surface area contributed by atoms with Crippen LogP contribution in [0.4, 0.5) is 0 Å². The van der Waals surface area contributed by atoms with E-state index in [1.807, 2.05) is 30.3 Å². The van der Waals surface area contributed by atoms with Crippen LogP contribution in [0, 0.1) is 5.92 Å². The molecule has 6 nitrogen and oxygen atoms in total. The summed E-state index contributed by atoms with van der Waals surface area (Å²) in [4.78, 5) is 24.9. The average Bonchev–Trinajstić information content (AvgIpc) is 3.02. The number of rotatable bonds is 4. The van der Waals surface area contributed by atoms with Gasteiger partial charge in [0.15, 0.2) is 0 Å². The summed E-state index contributed by atoms with van der Waals surface area (Å²) in [7, 11) is 0. The molecule has 1 aliphatic heterocycles. The van der Waals surface area contributed by atoms with Gasteiger partial charge in [-0.1, -0.05) is 30.3 Å². The smallest absolute Gasteiger partial charge is 0.292 e. The van der Waals surface area contributed by atoms with E-state index >= 15 is 0 Å². The first-order valence-electron chi connectivity index (χ1n) is 7.83. The fraction of sp³-hybridized carbons (Fsp3) is 0.412. The van der Waals surface area contributed by atoms with E-state index in [2.05, 4.69) is 5.16 Å². The lowest BCUT2D eigenvalue weighted by Gasteiger charge is -2.33. The highest BCUT2D eigenvalue weighted by Crippen LogP contribution is 2.24. The maximum atomic E-state index is 12.2. The summed E-state index contributed by atoms with van der Waals surface area (Å²) in [6.07, 6.45) is 1.72. The van der Waals surface area contributed by atoms with Crippen molar-refractivity contribution >= 4 is 5.91 Å². The molecule has 1 aromatic heterocycles. The number of piperidine rings is 1. The van der Waals surface area contributed by atoms with Crippen molar-refractivity contribution in [2.75, 3.05) is 13.1 Å². The van der Waals surface area contributed by atoms with Gasteiger partial charge in [0.2, 0.25) is 5.76 Å². The molecule has 0 unspecified atom stereocenters. The van der Waals surface area contributed by atoms with Crippen molar-refractivity contribution in [3.63, 3.8) is 0 Å². The summed E-state index contributed by atoms with van der Waals surface area (Å²) in [6.45, 7) is 1.12. The Kier molecular flexibility index (Phi) is 4.62. The first-order chi connectivity index (χ1) is 11.1. The van der Waals surface area contributed by atoms with Crippen molar-refractivity contribution < 1.29 is 14.4 Å². The summed E-state index contributed by atoms with van der Waals surface area (Å²) < 4.78 is 4.85. The molecule has 3 rings (SSSR count). The fourth-order valence-corrected chi connectivity index (χ4v) is 3.05. The number of hydrogen-bond acceptors (Lipinski definition) is 4. The largest absolute Gasteiger partial charge is 0.392 e. The van der Waals surface area contributed by atoms with E-state index < -0.39 is 11.7 Å². The SMILES string of the molecule is O=C(c1cc(=O)[nH]o1)N1CCC([C@@H](O)Cc2ccccc2)CC1. The van der Waals surface area contributed by atoms with Gasteiger partial charge in [0.25, 0.3) is 11.5 Å². The molecule has 1 saturated heterocycles. The number of benzene rings is 1. The van der Waals surface area contributed by atoms with Crippen LogP contribution in [-0.4, -0.2) is 40.3 Å². The fourth-order valence-electron chi connectivity index (χ4n) is 3.05. The molecule has 0 saturated carbocycles. The molecule has 1 aliphatic rings. The van der Waals surface area contributed by atoms with E-state index in [1.165, 1.54) is 6.07 Å². The number of amides is 1. The minimum absolute atomic E-state index is 0.0401. The van der Waals surface area contributed by atoms with Gasteiger partial charge in [-0.15, -0.1) is 0 Å². The van der Waals surface area contributed by atoms with Crippen LogP contribution in [0.15, 0.2) is 45.7 Å². The third kappa shape index (κ3) is 3.71. The first kappa shape index (κ1) is 15.6. The number of carbonyl (C=O) groups is 1. The van der Waals surface area contributed by atoms with E-state index in [9.17, 15) is 14.7 Å². The number of likely N-dealkylation sites (tertiary alicyclic amines) is 1. The van der Waals surface area contributed by atoms with Crippen LogP contribution in [0.5, 0.6) is 0 Å². The third-order valence-corrected chi connectivity index (χ3v) is 4.39. The first-order valence-corrected chi connectivity index (χ1v) is 7.83. The van der Waals surface area contributed by atoms with Gasteiger partial charge < -0.3 is 14.5 Å². The molecule has 0 spiro atoms. The van der Waals surface area contributed by atoms with Gasteiger partial charge in [0, 0.05) is 13.1 Å². The lowest BCUT2D eigenvalue weighted by Crippen LogP contribution is -2.41. The van der Waals surface area contributed by atoms with Crippen molar-refractivity contribution in [1.82, 2.24) is 10.1 Å². The highest BCUT2D eigenvalue weighted by molar-refractivity contribution is 5.91. The minimum atomic E-state index is -0.415. The Morgan fingerprint density at radius 2 is 2.00 bits per heavy atom. The Hall–Kier alpha value is -2.34. The van der Waals surface area contributed by atoms with E-state index in [1.54, 1.807) is 4.90 Å². The topological polar surface area (TPSA) is 86.5 Å². The number of aromatic amines is 1. The highest BCUT2D eigenvalue weighted by Gasteiger charge is 2.29. The lowest BCUT2D eigenvalue weighted by atomic mass is 9.88. The van der Waals surface area contributed by atoms with Crippen LogP contribution >= 0.6 is 0 Å². The summed E-state index contributed by atoms with van der Waals surface area (Å²) >= 11 is 0. The standard InChI is InChI=1S/C17H20N2O4/c20-14(10-12-4-2-1-3-5-12)13-6-8-19(9-7-13)17(22)15-11-16(21)18-23-15/h1-5,11,13-14,20H,6-10H2,(H,18,21)/t14-/m0/s1. The molecule has 1 amide bonds. The normalized spacial score (nSPS) is 17.2. The average molecular weight is 316 g/mol. The van der Waals surface area contributed by atoms with E-state index in [-0.39, 0.29) is 17.6 Å².